The highest BCUT2D eigenvalue weighted by Crippen LogP contribution is 2.43. The molecule has 0 spiro atoms. The van der Waals surface area contributed by atoms with Crippen LogP contribution in [0.3, 0.4) is 0 Å². The van der Waals surface area contributed by atoms with E-state index in [-0.39, 0.29) is 5.69 Å². The van der Waals surface area contributed by atoms with Crippen LogP contribution in [-0.4, -0.2) is 91.3 Å². The van der Waals surface area contributed by atoms with E-state index in [2.05, 4.69) is 9.80 Å². The van der Waals surface area contributed by atoms with E-state index in [9.17, 15) is 13.2 Å². The smallest absolute Gasteiger partial charge is 0.196 e. The lowest BCUT2D eigenvalue weighted by molar-refractivity contribution is 0.0115. The SMILES string of the molecule is CS(=O)(=O)CC(=O)c1cc(N2CCC(N3CCOCC3)CC2)c2c(C3CCC3)nn(-c3ccccc3)c2n1. The number of carbonyl (C=O) groups is 1. The molecule has 38 heavy (non-hydrogen) atoms. The van der Waals surface area contributed by atoms with Crippen molar-refractivity contribution in [1.82, 2.24) is 19.7 Å². The first-order valence-corrected chi connectivity index (χ1v) is 15.7. The molecule has 4 heterocycles. The molecule has 2 aliphatic heterocycles. The van der Waals surface area contributed by atoms with Gasteiger partial charge in [-0.15, -0.1) is 0 Å². The zero-order chi connectivity index (χ0) is 26.3. The Morgan fingerprint density at radius 1 is 1.03 bits per heavy atom. The third kappa shape index (κ3) is 5.09. The minimum Gasteiger partial charge on any atom is -0.379 e. The maximum absolute atomic E-state index is 13.1. The van der Waals surface area contributed by atoms with Gasteiger partial charge in [0.2, 0.25) is 0 Å². The zero-order valence-electron chi connectivity index (χ0n) is 21.9. The molecule has 2 saturated heterocycles. The average molecular weight is 538 g/mol. The molecule has 0 N–H and O–H groups in total. The Hall–Kier alpha value is -2.82. The fourth-order valence-corrected chi connectivity index (χ4v) is 6.58. The van der Waals surface area contributed by atoms with E-state index in [1.165, 1.54) is 6.42 Å². The molecule has 10 heteroatoms. The first-order chi connectivity index (χ1) is 18.4. The van der Waals surface area contributed by atoms with E-state index in [0.29, 0.717) is 17.6 Å². The molecule has 2 aromatic heterocycles. The lowest BCUT2D eigenvalue weighted by Gasteiger charge is -2.41. The first kappa shape index (κ1) is 25.5. The summed E-state index contributed by atoms with van der Waals surface area (Å²) in [6.45, 7) is 5.26. The summed E-state index contributed by atoms with van der Waals surface area (Å²) in [5.41, 5.74) is 3.68. The van der Waals surface area contributed by atoms with Crippen molar-refractivity contribution < 1.29 is 17.9 Å². The highest BCUT2D eigenvalue weighted by atomic mass is 32.2. The number of benzene rings is 1. The largest absolute Gasteiger partial charge is 0.379 e. The Balaban J connectivity index is 1.44. The average Bonchev–Trinajstić information content (AvgIpc) is 3.26. The van der Waals surface area contributed by atoms with Crippen molar-refractivity contribution in [1.29, 1.82) is 0 Å². The van der Waals surface area contributed by atoms with E-state index in [0.717, 1.165) is 93.8 Å². The Morgan fingerprint density at radius 2 is 1.74 bits per heavy atom. The molecule has 1 aromatic carbocycles. The lowest BCUT2D eigenvalue weighted by atomic mass is 9.82. The number of fused-ring (bicyclic) bond motifs is 1. The second-order valence-electron chi connectivity index (χ2n) is 10.8. The van der Waals surface area contributed by atoms with Crippen LogP contribution in [0.2, 0.25) is 0 Å². The molecule has 1 aliphatic carbocycles. The summed E-state index contributed by atoms with van der Waals surface area (Å²) in [5.74, 6) is -0.671. The Labute approximate surface area is 223 Å². The summed E-state index contributed by atoms with van der Waals surface area (Å²) in [5, 5.41) is 6.08. The standard InChI is InChI=1S/C28H35N5O4S/c1-38(35,36)19-25(34)23-18-24(32-12-10-21(11-13-32)31-14-16-37-17-15-31)26-27(20-6-5-7-20)30-33(28(26)29-23)22-8-3-2-4-9-22/h2-4,8-9,18,20-21H,5-7,10-17,19H2,1H3. The molecule has 9 nitrogen and oxygen atoms in total. The van der Waals surface area contributed by atoms with E-state index in [4.69, 9.17) is 14.8 Å². The number of nitrogens with zero attached hydrogens (tertiary/aromatic N) is 5. The summed E-state index contributed by atoms with van der Waals surface area (Å²) < 4.78 is 31.4. The second kappa shape index (κ2) is 10.4. The Bertz CT molecular complexity index is 1420. The van der Waals surface area contributed by atoms with E-state index >= 15 is 0 Å². The minimum atomic E-state index is -3.49. The van der Waals surface area contributed by atoms with E-state index < -0.39 is 21.4 Å². The van der Waals surface area contributed by atoms with Crippen LogP contribution in [0.25, 0.3) is 16.7 Å². The maximum Gasteiger partial charge on any atom is 0.196 e. The number of piperidine rings is 1. The zero-order valence-corrected chi connectivity index (χ0v) is 22.7. The molecule has 6 rings (SSSR count). The number of anilines is 1. The van der Waals surface area contributed by atoms with Gasteiger partial charge < -0.3 is 9.64 Å². The van der Waals surface area contributed by atoms with Gasteiger partial charge in [-0.25, -0.2) is 18.1 Å². The summed E-state index contributed by atoms with van der Waals surface area (Å²) in [7, 11) is -3.49. The molecule has 0 atom stereocenters. The molecular weight excluding hydrogens is 502 g/mol. The molecule has 0 amide bonds. The van der Waals surface area contributed by atoms with Crippen molar-refractivity contribution >= 4 is 32.3 Å². The fraction of sp³-hybridized carbons (Fsp3) is 0.536. The van der Waals surface area contributed by atoms with Crippen LogP contribution in [0.15, 0.2) is 36.4 Å². The quantitative estimate of drug-likeness (QED) is 0.424. The lowest BCUT2D eigenvalue weighted by Crippen LogP contribution is -2.49. The van der Waals surface area contributed by atoms with Gasteiger partial charge in [-0.3, -0.25) is 9.69 Å². The van der Waals surface area contributed by atoms with Crippen LogP contribution in [0.4, 0.5) is 5.69 Å². The number of carbonyl (C=O) groups excluding carboxylic acids is 1. The predicted octanol–water partition coefficient (Wildman–Crippen LogP) is 3.22. The molecule has 3 aliphatic rings. The molecule has 3 aromatic rings. The van der Waals surface area contributed by atoms with Crippen molar-refractivity contribution in [3.8, 4) is 5.69 Å². The fourth-order valence-electron chi connectivity index (χ4n) is 5.96. The highest BCUT2D eigenvalue weighted by Gasteiger charge is 2.32. The first-order valence-electron chi connectivity index (χ1n) is 13.6. The third-order valence-electron chi connectivity index (χ3n) is 8.18. The molecule has 0 bridgehead atoms. The third-order valence-corrected chi connectivity index (χ3v) is 8.97. The summed E-state index contributed by atoms with van der Waals surface area (Å²) >= 11 is 0. The molecule has 0 unspecified atom stereocenters. The van der Waals surface area contributed by atoms with Gasteiger partial charge in [0.25, 0.3) is 0 Å². The summed E-state index contributed by atoms with van der Waals surface area (Å²) in [4.78, 5) is 22.8. The van der Waals surface area contributed by atoms with Gasteiger partial charge in [-0.1, -0.05) is 24.6 Å². The molecule has 3 fully saturated rings. The van der Waals surface area contributed by atoms with Gasteiger partial charge in [0.05, 0.1) is 35.7 Å². The topological polar surface area (TPSA) is 97.6 Å². The second-order valence-corrected chi connectivity index (χ2v) is 13.0. The van der Waals surface area contributed by atoms with Crippen molar-refractivity contribution in [3.63, 3.8) is 0 Å². The maximum atomic E-state index is 13.1. The minimum absolute atomic E-state index is 0.186. The number of morpholine rings is 1. The van der Waals surface area contributed by atoms with Gasteiger partial charge in [0.1, 0.15) is 11.4 Å². The van der Waals surface area contributed by atoms with Crippen LogP contribution >= 0.6 is 0 Å². The number of rotatable bonds is 7. The molecule has 1 saturated carbocycles. The van der Waals surface area contributed by atoms with Crippen LogP contribution in [-0.2, 0) is 14.6 Å². The van der Waals surface area contributed by atoms with Crippen molar-refractivity contribution in [3.05, 3.63) is 47.8 Å². The molecule has 0 radical (unpaired) electrons. The number of Topliss-reactive ketones (excluding diaryl/α,β-unsaturated/α-hetero) is 1. The summed E-state index contributed by atoms with van der Waals surface area (Å²) in [6, 6.07) is 12.2. The monoisotopic (exact) mass is 537 g/mol. The number of pyridine rings is 1. The number of para-hydroxylation sites is 1. The Kier molecular flexibility index (Phi) is 6.96. The van der Waals surface area contributed by atoms with Crippen molar-refractivity contribution in [2.75, 3.05) is 56.3 Å². The van der Waals surface area contributed by atoms with Gasteiger partial charge in [-0.2, -0.15) is 5.10 Å². The Morgan fingerprint density at radius 3 is 2.37 bits per heavy atom. The van der Waals surface area contributed by atoms with E-state index in [1.54, 1.807) is 0 Å². The number of hydrogen-bond donors (Lipinski definition) is 0. The van der Waals surface area contributed by atoms with Crippen LogP contribution in [0, 0.1) is 0 Å². The number of ketones is 1. The molecular formula is C28H35N5O4S. The van der Waals surface area contributed by atoms with Crippen LogP contribution in [0.5, 0.6) is 0 Å². The number of hydrogen-bond acceptors (Lipinski definition) is 8. The number of aromatic nitrogens is 3. The highest BCUT2D eigenvalue weighted by molar-refractivity contribution is 7.91. The van der Waals surface area contributed by atoms with Crippen LogP contribution in [0.1, 0.15) is 54.2 Å². The number of sulfone groups is 1. The van der Waals surface area contributed by atoms with Crippen molar-refractivity contribution in [2.24, 2.45) is 0 Å². The van der Waals surface area contributed by atoms with Gasteiger partial charge in [0.15, 0.2) is 21.3 Å². The molecule has 202 valence electrons. The summed E-state index contributed by atoms with van der Waals surface area (Å²) in [6.07, 6.45) is 6.51. The van der Waals surface area contributed by atoms with Crippen molar-refractivity contribution in [2.45, 2.75) is 44.1 Å². The van der Waals surface area contributed by atoms with Gasteiger partial charge in [0, 0.05) is 44.4 Å². The van der Waals surface area contributed by atoms with Gasteiger partial charge >= 0.3 is 0 Å². The van der Waals surface area contributed by atoms with Crippen LogP contribution < -0.4 is 4.90 Å². The normalized spacial score (nSPS) is 20.1. The van der Waals surface area contributed by atoms with E-state index in [1.807, 2.05) is 41.1 Å². The van der Waals surface area contributed by atoms with Gasteiger partial charge in [-0.05, 0) is 43.9 Å². The predicted molar refractivity (Wildman–Crippen MR) is 147 cm³/mol. The number of ether oxygens (including phenoxy) is 1.